The molecule has 1 fully saturated rings. The van der Waals surface area contributed by atoms with E-state index in [0.29, 0.717) is 24.7 Å². The molecule has 1 aromatic carbocycles. The van der Waals surface area contributed by atoms with Crippen molar-refractivity contribution in [3.8, 4) is 0 Å². The zero-order valence-electron chi connectivity index (χ0n) is 17.8. The molecule has 1 heterocycles. The number of hydrogen-bond donors (Lipinski definition) is 3. The monoisotopic (exact) mass is 387 g/mol. The topological polar surface area (TPSA) is 68.8 Å². The van der Waals surface area contributed by atoms with Crippen LogP contribution in [-0.2, 0) is 6.54 Å². The van der Waals surface area contributed by atoms with Gasteiger partial charge in [0.05, 0.1) is 6.54 Å². The van der Waals surface area contributed by atoms with E-state index in [4.69, 9.17) is 0 Å². The summed E-state index contributed by atoms with van der Waals surface area (Å²) >= 11 is 0. The van der Waals surface area contributed by atoms with E-state index in [1.54, 1.807) is 0 Å². The van der Waals surface area contributed by atoms with Gasteiger partial charge >= 0.3 is 0 Å². The van der Waals surface area contributed by atoms with Crippen LogP contribution in [0.2, 0.25) is 0 Å². The number of likely N-dealkylation sites (tertiary alicyclic amines) is 1. The van der Waals surface area contributed by atoms with E-state index in [2.05, 4.69) is 39.7 Å². The summed E-state index contributed by atoms with van der Waals surface area (Å²) in [4.78, 5) is 19.3. The molecule has 3 N–H and O–H groups in total. The molecule has 2 rings (SSSR count). The van der Waals surface area contributed by atoms with Crippen molar-refractivity contribution in [2.75, 3.05) is 32.7 Å². The second-order valence-corrected chi connectivity index (χ2v) is 7.42. The van der Waals surface area contributed by atoms with Gasteiger partial charge in [0.25, 0.3) is 5.91 Å². The fraction of sp³-hybridized carbons (Fsp3) is 0.636. The van der Waals surface area contributed by atoms with Gasteiger partial charge < -0.3 is 20.9 Å². The summed E-state index contributed by atoms with van der Waals surface area (Å²) < 4.78 is 0. The Morgan fingerprint density at radius 1 is 1.18 bits per heavy atom. The largest absolute Gasteiger partial charge is 0.357 e. The van der Waals surface area contributed by atoms with Crippen LogP contribution in [0.15, 0.2) is 29.3 Å². The first-order valence-electron chi connectivity index (χ1n) is 10.8. The molecule has 1 aliphatic rings. The van der Waals surface area contributed by atoms with E-state index in [-0.39, 0.29) is 5.91 Å². The van der Waals surface area contributed by atoms with Crippen LogP contribution in [0.1, 0.15) is 62.4 Å². The molecule has 0 radical (unpaired) electrons. The van der Waals surface area contributed by atoms with Gasteiger partial charge in [0.2, 0.25) is 0 Å². The second kappa shape index (κ2) is 12.4. The number of benzene rings is 1. The third kappa shape index (κ3) is 7.50. The lowest BCUT2D eigenvalue weighted by atomic mass is 10.0. The minimum Gasteiger partial charge on any atom is -0.357 e. The van der Waals surface area contributed by atoms with Crippen LogP contribution in [0.5, 0.6) is 0 Å². The van der Waals surface area contributed by atoms with Crippen molar-refractivity contribution in [3.05, 3.63) is 35.4 Å². The lowest BCUT2D eigenvalue weighted by molar-refractivity contribution is 0.0955. The summed E-state index contributed by atoms with van der Waals surface area (Å²) in [5.41, 5.74) is 1.71. The molecule has 6 heteroatoms. The third-order valence-electron chi connectivity index (χ3n) is 5.15. The number of piperidine rings is 1. The van der Waals surface area contributed by atoms with Crippen molar-refractivity contribution >= 4 is 11.9 Å². The molecule has 1 amide bonds. The van der Waals surface area contributed by atoms with Crippen molar-refractivity contribution in [1.29, 1.82) is 0 Å². The summed E-state index contributed by atoms with van der Waals surface area (Å²) in [7, 11) is 0. The molecule has 0 saturated carbocycles. The average Bonchev–Trinajstić information content (AvgIpc) is 2.71. The van der Waals surface area contributed by atoms with E-state index < -0.39 is 0 Å². The first kappa shape index (κ1) is 22.2. The van der Waals surface area contributed by atoms with Crippen LogP contribution in [0.25, 0.3) is 0 Å². The first-order valence-corrected chi connectivity index (χ1v) is 10.8. The Kier molecular flexibility index (Phi) is 9.83. The zero-order valence-corrected chi connectivity index (χ0v) is 17.8. The maximum absolute atomic E-state index is 12.0. The van der Waals surface area contributed by atoms with Gasteiger partial charge in [-0.1, -0.05) is 18.6 Å². The molecular formula is C22H37N5O. The molecular weight excluding hydrogens is 350 g/mol. The van der Waals surface area contributed by atoms with Crippen molar-refractivity contribution in [1.82, 2.24) is 20.9 Å². The lowest BCUT2D eigenvalue weighted by Gasteiger charge is -2.33. The maximum atomic E-state index is 12.0. The van der Waals surface area contributed by atoms with E-state index >= 15 is 0 Å². The quantitative estimate of drug-likeness (QED) is 0.346. The molecule has 0 spiro atoms. The van der Waals surface area contributed by atoms with E-state index in [1.165, 1.54) is 25.8 Å². The van der Waals surface area contributed by atoms with E-state index in [1.807, 2.05) is 31.2 Å². The lowest BCUT2D eigenvalue weighted by Crippen LogP contribution is -2.41. The van der Waals surface area contributed by atoms with Gasteiger partial charge in [-0.25, -0.2) is 4.99 Å². The highest BCUT2D eigenvalue weighted by Crippen LogP contribution is 2.16. The number of aliphatic imine (C=N–C) groups is 1. The van der Waals surface area contributed by atoms with Gasteiger partial charge in [-0.05, 0) is 64.3 Å². The highest BCUT2D eigenvalue weighted by Gasteiger charge is 2.17. The van der Waals surface area contributed by atoms with Crippen molar-refractivity contribution < 1.29 is 4.79 Å². The normalized spacial score (nSPS) is 18.0. The molecule has 1 saturated heterocycles. The van der Waals surface area contributed by atoms with Gasteiger partial charge in [0.1, 0.15) is 0 Å². The molecule has 156 valence electrons. The van der Waals surface area contributed by atoms with Crippen molar-refractivity contribution in [2.24, 2.45) is 4.99 Å². The van der Waals surface area contributed by atoms with Gasteiger partial charge in [0.15, 0.2) is 5.96 Å². The van der Waals surface area contributed by atoms with Crippen LogP contribution in [0.4, 0.5) is 0 Å². The minimum atomic E-state index is -0.0368. The average molecular weight is 388 g/mol. The predicted octanol–water partition coefficient (Wildman–Crippen LogP) is 2.76. The van der Waals surface area contributed by atoms with Crippen LogP contribution in [0.3, 0.4) is 0 Å². The number of nitrogens with one attached hydrogen (secondary N) is 3. The third-order valence-corrected chi connectivity index (χ3v) is 5.15. The van der Waals surface area contributed by atoms with Crippen LogP contribution >= 0.6 is 0 Å². The zero-order chi connectivity index (χ0) is 20.2. The summed E-state index contributed by atoms with van der Waals surface area (Å²) in [6.45, 7) is 11.6. The Morgan fingerprint density at radius 2 is 2.00 bits per heavy atom. The number of carbonyl (C=O) groups is 1. The molecule has 0 aromatic heterocycles. The number of rotatable bonds is 9. The van der Waals surface area contributed by atoms with E-state index in [0.717, 1.165) is 37.6 Å². The molecule has 28 heavy (non-hydrogen) atoms. The number of guanidine groups is 1. The fourth-order valence-corrected chi connectivity index (χ4v) is 3.56. The first-order chi connectivity index (χ1) is 13.6. The van der Waals surface area contributed by atoms with Gasteiger partial charge in [0, 0.05) is 37.8 Å². The molecule has 1 aliphatic heterocycles. The van der Waals surface area contributed by atoms with Gasteiger partial charge in [-0.15, -0.1) is 0 Å². The standard InChI is InChI=1S/C22H37N5O/c1-4-23-21(28)20-12-8-11-19(16-20)17-26-22(24-5-2)25-13-9-15-27-14-7-6-10-18(27)3/h8,11-12,16,18H,4-7,9-10,13-15,17H2,1-3H3,(H,23,28)(H2,24,25,26). The highest BCUT2D eigenvalue weighted by atomic mass is 16.1. The molecule has 6 nitrogen and oxygen atoms in total. The number of hydrogen-bond acceptors (Lipinski definition) is 3. The van der Waals surface area contributed by atoms with Gasteiger partial charge in [-0.3, -0.25) is 4.79 Å². The smallest absolute Gasteiger partial charge is 0.251 e. The molecule has 1 aromatic rings. The maximum Gasteiger partial charge on any atom is 0.251 e. The Bertz CT molecular complexity index is 631. The summed E-state index contributed by atoms with van der Waals surface area (Å²) in [5.74, 6) is 0.794. The van der Waals surface area contributed by atoms with Crippen LogP contribution in [0, 0.1) is 0 Å². The van der Waals surface area contributed by atoms with Crippen molar-refractivity contribution in [3.63, 3.8) is 0 Å². The highest BCUT2D eigenvalue weighted by molar-refractivity contribution is 5.94. The van der Waals surface area contributed by atoms with Crippen LogP contribution < -0.4 is 16.0 Å². The summed E-state index contributed by atoms with van der Waals surface area (Å²) in [6.07, 6.45) is 5.14. The second-order valence-electron chi connectivity index (χ2n) is 7.42. The SMILES string of the molecule is CCNC(=O)c1cccc(CN=C(NCC)NCCCN2CCCCC2C)c1. The fourth-order valence-electron chi connectivity index (χ4n) is 3.56. The van der Waals surface area contributed by atoms with Crippen LogP contribution in [-0.4, -0.2) is 55.5 Å². The molecule has 0 aliphatic carbocycles. The predicted molar refractivity (Wildman–Crippen MR) is 117 cm³/mol. The molecule has 1 unspecified atom stereocenters. The number of nitrogens with zero attached hydrogens (tertiary/aromatic N) is 2. The Balaban J connectivity index is 1.82. The van der Waals surface area contributed by atoms with Crippen molar-refractivity contribution in [2.45, 2.75) is 59.0 Å². The van der Waals surface area contributed by atoms with Gasteiger partial charge in [-0.2, -0.15) is 0 Å². The van der Waals surface area contributed by atoms with E-state index in [9.17, 15) is 4.79 Å². The Labute approximate surface area is 170 Å². The Hall–Kier alpha value is -2.08. The summed E-state index contributed by atoms with van der Waals surface area (Å²) in [6, 6.07) is 8.38. The molecule has 1 atom stereocenters. The number of amides is 1. The summed E-state index contributed by atoms with van der Waals surface area (Å²) in [5, 5.41) is 9.57. The minimum absolute atomic E-state index is 0.0368. The Morgan fingerprint density at radius 3 is 2.75 bits per heavy atom. The molecule has 0 bridgehead atoms. The number of carbonyl (C=O) groups excluding carboxylic acids is 1.